The highest BCUT2D eigenvalue weighted by molar-refractivity contribution is 5.83. The summed E-state index contributed by atoms with van der Waals surface area (Å²) >= 11 is 0. The predicted molar refractivity (Wildman–Crippen MR) is 47.3 cm³/mol. The van der Waals surface area contributed by atoms with Crippen LogP contribution >= 0.6 is 0 Å². The average Bonchev–Trinajstić information content (AvgIpc) is 1.83. The van der Waals surface area contributed by atoms with E-state index in [0.717, 1.165) is 0 Å². The zero-order valence-electron chi connectivity index (χ0n) is 8.67. The van der Waals surface area contributed by atoms with E-state index in [2.05, 4.69) is 0 Å². The molecule has 13 heavy (non-hydrogen) atoms. The first-order valence-electron chi connectivity index (χ1n) is 4.04. The molecule has 0 aromatic carbocycles. The molecule has 0 fully saturated rings. The van der Waals surface area contributed by atoms with Crippen molar-refractivity contribution in [3.8, 4) is 0 Å². The Morgan fingerprint density at radius 2 is 1.46 bits per heavy atom. The van der Waals surface area contributed by atoms with Gasteiger partial charge in [-0.15, -0.1) is 0 Å². The third kappa shape index (κ3) is 3.44. The van der Waals surface area contributed by atoms with Crippen LogP contribution in [0.15, 0.2) is 0 Å². The number of ether oxygens (including phenoxy) is 1. The van der Waals surface area contributed by atoms with Crippen molar-refractivity contribution in [2.24, 2.45) is 5.41 Å². The first-order chi connectivity index (χ1) is 5.57. The van der Waals surface area contributed by atoms with Gasteiger partial charge in [0.1, 0.15) is 0 Å². The van der Waals surface area contributed by atoms with Crippen LogP contribution in [0.4, 0.5) is 0 Å². The Kier molecular flexibility index (Phi) is 3.08. The molecule has 0 aliphatic heterocycles. The van der Waals surface area contributed by atoms with Crippen LogP contribution in [-0.4, -0.2) is 22.6 Å². The molecule has 4 heteroatoms. The van der Waals surface area contributed by atoms with Crippen LogP contribution in [0.1, 0.15) is 34.6 Å². The molecular weight excluding hydrogens is 172 g/mol. The largest absolute Gasteiger partial charge is 0.478 e. The quantitative estimate of drug-likeness (QED) is 0.666. The number of esters is 1. The lowest BCUT2D eigenvalue weighted by molar-refractivity contribution is -0.180. The molecule has 0 amide bonds. The van der Waals surface area contributed by atoms with Gasteiger partial charge in [0, 0.05) is 0 Å². The maximum absolute atomic E-state index is 11.3. The van der Waals surface area contributed by atoms with Gasteiger partial charge in [0.25, 0.3) is 0 Å². The Bertz CT molecular complexity index is 222. The second-order valence-corrected chi connectivity index (χ2v) is 4.45. The van der Waals surface area contributed by atoms with Gasteiger partial charge in [-0.2, -0.15) is 0 Å². The van der Waals surface area contributed by atoms with E-state index in [1.165, 1.54) is 13.8 Å². The zero-order valence-corrected chi connectivity index (χ0v) is 8.67. The van der Waals surface area contributed by atoms with Crippen molar-refractivity contribution >= 4 is 11.9 Å². The van der Waals surface area contributed by atoms with Gasteiger partial charge in [0.2, 0.25) is 5.60 Å². The number of aliphatic carboxylic acids is 1. The van der Waals surface area contributed by atoms with Crippen LogP contribution in [-0.2, 0) is 14.3 Å². The molecule has 76 valence electrons. The van der Waals surface area contributed by atoms with Gasteiger partial charge in [-0.05, 0) is 34.6 Å². The summed E-state index contributed by atoms with van der Waals surface area (Å²) in [6.07, 6.45) is 0. The summed E-state index contributed by atoms with van der Waals surface area (Å²) in [4.78, 5) is 21.9. The third-order valence-electron chi connectivity index (χ3n) is 1.48. The number of hydrogen-bond donors (Lipinski definition) is 1. The van der Waals surface area contributed by atoms with Crippen molar-refractivity contribution in [1.29, 1.82) is 0 Å². The van der Waals surface area contributed by atoms with Crippen molar-refractivity contribution < 1.29 is 19.4 Å². The highest BCUT2D eigenvalue weighted by atomic mass is 16.6. The van der Waals surface area contributed by atoms with E-state index in [0.29, 0.717) is 0 Å². The smallest absolute Gasteiger partial charge is 0.347 e. The van der Waals surface area contributed by atoms with E-state index in [-0.39, 0.29) is 0 Å². The lowest BCUT2D eigenvalue weighted by atomic mass is 9.97. The van der Waals surface area contributed by atoms with Gasteiger partial charge in [-0.3, -0.25) is 4.79 Å². The molecule has 0 bridgehead atoms. The van der Waals surface area contributed by atoms with Gasteiger partial charge in [-0.25, -0.2) is 4.79 Å². The zero-order chi connectivity index (χ0) is 10.9. The standard InChI is InChI=1S/C9H16O4/c1-8(2,3)7(12)13-9(4,5)6(10)11/h1-5H3,(H,10,11). The molecule has 0 rings (SSSR count). The molecule has 1 N–H and O–H groups in total. The maximum Gasteiger partial charge on any atom is 0.347 e. The lowest BCUT2D eigenvalue weighted by Crippen LogP contribution is -2.40. The van der Waals surface area contributed by atoms with Crippen LogP contribution in [0.3, 0.4) is 0 Å². The van der Waals surface area contributed by atoms with Crippen molar-refractivity contribution in [2.45, 2.75) is 40.2 Å². The molecule has 0 unspecified atom stereocenters. The number of carboxylic acids is 1. The SMILES string of the molecule is CC(C)(C)C(=O)OC(C)(C)C(=O)O. The van der Waals surface area contributed by atoms with Crippen molar-refractivity contribution in [3.05, 3.63) is 0 Å². The number of hydrogen-bond acceptors (Lipinski definition) is 3. The monoisotopic (exact) mass is 188 g/mol. The highest BCUT2D eigenvalue weighted by Gasteiger charge is 2.35. The molecular formula is C9H16O4. The first-order valence-corrected chi connectivity index (χ1v) is 4.04. The van der Waals surface area contributed by atoms with Crippen molar-refractivity contribution in [2.75, 3.05) is 0 Å². The molecule has 0 aromatic rings. The van der Waals surface area contributed by atoms with Crippen LogP contribution in [0, 0.1) is 5.41 Å². The summed E-state index contributed by atoms with van der Waals surface area (Å²) in [6, 6.07) is 0. The summed E-state index contributed by atoms with van der Waals surface area (Å²) in [7, 11) is 0. The molecule has 0 saturated carbocycles. The Balaban J connectivity index is 4.47. The Hall–Kier alpha value is -1.06. The number of rotatable bonds is 2. The predicted octanol–water partition coefficient (Wildman–Crippen LogP) is 1.44. The summed E-state index contributed by atoms with van der Waals surface area (Å²) < 4.78 is 4.83. The van der Waals surface area contributed by atoms with Gasteiger partial charge >= 0.3 is 11.9 Å². The van der Waals surface area contributed by atoms with Gasteiger partial charge in [-0.1, -0.05) is 0 Å². The highest BCUT2D eigenvalue weighted by Crippen LogP contribution is 2.20. The van der Waals surface area contributed by atoms with Crippen molar-refractivity contribution in [1.82, 2.24) is 0 Å². The first kappa shape index (κ1) is 11.9. The van der Waals surface area contributed by atoms with Crippen LogP contribution in [0.25, 0.3) is 0 Å². The second kappa shape index (κ2) is 3.36. The van der Waals surface area contributed by atoms with E-state index >= 15 is 0 Å². The van der Waals surface area contributed by atoms with Crippen LogP contribution in [0.5, 0.6) is 0 Å². The van der Waals surface area contributed by atoms with E-state index in [9.17, 15) is 9.59 Å². The summed E-state index contributed by atoms with van der Waals surface area (Å²) in [5.74, 6) is -1.66. The molecule has 0 heterocycles. The second-order valence-electron chi connectivity index (χ2n) is 4.45. The molecule has 0 aliphatic carbocycles. The van der Waals surface area contributed by atoms with Crippen LogP contribution < -0.4 is 0 Å². The van der Waals surface area contributed by atoms with Gasteiger partial charge in [0.05, 0.1) is 5.41 Å². The lowest BCUT2D eigenvalue weighted by Gasteiger charge is -2.25. The van der Waals surface area contributed by atoms with E-state index in [4.69, 9.17) is 9.84 Å². The normalized spacial score (nSPS) is 12.4. The number of carbonyl (C=O) groups excluding carboxylic acids is 1. The summed E-state index contributed by atoms with van der Waals surface area (Å²) in [5, 5.41) is 8.68. The fraction of sp³-hybridized carbons (Fsp3) is 0.778. The van der Waals surface area contributed by atoms with E-state index < -0.39 is 23.0 Å². The molecule has 0 radical (unpaired) electrons. The molecule has 0 aromatic heterocycles. The Morgan fingerprint density at radius 1 is 1.08 bits per heavy atom. The maximum atomic E-state index is 11.3. The Morgan fingerprint density at radius 3 is 1.69 bits per heavy atom. The number of carboxylic acid groups (broad SMARTS) is 1. The summed E-state index contributed by atoms with van der Waals surface area (Å²) in [5.41, 5.74) is -2.13. The minimum Gasteiger partial charge on any atom is -0.478 e. The fourth-order valence-corrected chi connectivity index (χ4v) is 0.428. The van der Waals surface area contributed by atoms with Crippen molar-refractivity contribution in [3.63, 3.8) is 0 Å². The average molecular weight is 188 g/mol. The third-order valence-corrected chi connectivity index (χ3v) is 1.48. The minimum absolute atomic E-state index is 0.514. The molecule has 0 spiro atoms. The molecule has 4 nitrogen and oxygen atoms in total. The van der Waals surface area contributed by atoms with Gasteiger partial charge in [0.15, 0.2) is 0 Å². The molecule has 0 aliphatic rings. The fourth-order valence-electron chi connectivity index (χ4n) is 0.428. The van der Waals surface area contributed by atoms with E-state index in [1.807, 2.05) is 0 Å². The topological polar surface area (TPSA) is 63.6 Å². The minimum atomic E-state index is -1.45. The summed E-state index contributed by atoms with van der Waals surface area (Å²) in [6.45, 7) is 7.71. The molecule has 0 saturated heterocycles. The van der Waals surface area contributed by atoms with E-state index in [1.54, 1.807) is 20.8 Å². The van der Waals surface area contributed by atoms with Gasteiger partial charge < -0.3 is 9.84 Å². The molecule has 0 atom stereocenters. The number of carbonyl (C=O) groups is 2. The van der Waals surface area contributed by atoms with Crippen LogP contribution in [0.2, 0.25) is 0 Å². The Labute approximate surface area is 77.9 Å².